The van der Waals surface area contributed by atoms with Crippen LogP contribution in [-0.4, -0.2) is 29.1 Å². The quantitative estimate of drug-likeness (QED) is 0.840. The van der Waals surface area contributed by atoms with E-state index in [-0.39, 0.29) is 0 Å². The molecule has 104 valence electrons. The van der Waals surface area contributed by atoms with Crippen molar-refractivity contribution in [2.45, 2.75) is 25.8 Å². The van der Waals surface area contributed by atoms with Gasteiger partial charge in [-0.15, -0.1) is 0 Å². The van der Waals surface area contributed by atoms with E-state index in [1.807, 2.05) is 36.0 Å². The summed E-state index contributed by atoms with van der Waals surface area (Å²) in [6, 6.07) is 7.87. The highest BCUT2D eigenvalue weighted by Crippen LogP contribution is 2.22. The maximum atomic E-state index is 10.9. The molecular weight excluding hydrogens is 258 g/mol. The Balaban J connectivity index is 1.79. The van der Waals surface area contributed by atoms with Crippen LogP contribution < -0.4 is 5.32 Å². The molecule has 2 unspecified atom stereocenters. The molecule has 1 aromatic rings. The van der Waals surface area contributed by atoms with Gasteiger partial charge in [0, 0.05) is 6.54 Å². The van der Waals surface area contributed by atoms with Gasteiger partial charge in [-0.2, -0.15) is 11.8 Å². The third-order valence-electron chi connectivity index (χ3n) is 3.64. The molecule has 1 aliphatic heterocycles. The number of carboxylic acid groups (broad SMARTS) is 1. The highest BCUT2D eigenvalue weighted by molar-refractivity contribution is 7.99. The van der Waals surface area contributed by atoms with Gasteiger partial charge < -0.3 is 10.4 Å². The van der Waals surface area contributed by atoms with E-state index in [0.717, 1.165) is 24.6 Å². The molecule has 4 heteroatoms. The number of benzene rings is 1. The average molecular weight is 279 g/mol. The standard InChI is InChI=1S/C15H21NO2S/c1-11(15(17)18)14-4-2-12(3-5-14)8-16-9-13-6-7-19-10-13/h2-5,11,13,16H,6-10H2,1H3,(H,17,18). The first kappa shape index (κ1) is 14.4. The summed E-state index contributed by atoms with van der Waals surface area (Å²) < 4.78 is 0. The molecule has 3 nitrogen and oxygen atoms in total. The van der Waals surface area contributed by atoms with Gasteiger partial charge >= 0.3 is 5.97 Å². The molecule has 1 aliphatic rings. The van der Waals surface area contributed by atoms with Crippen molar-refractivity contribution in [2.75, 3.05) is 18.1 Å². The van der Waals surface area contributed by atoms with Gasteiger partial charge in [-0.05, 0) is 48.4 Å². The van der Waals surface area contributed by atoms with Gasteiger partial charge in [0.05, 0.1) is 5.92 Å². The number of carbonyl (C=O) groups is 1. The van der Waals surface area contributed by atoms with Crippen LogP contribution in [0, 0.1) is 5.92 Å². The molecule has 2 rings (SSSR count). The Morgan fingerprint density at radius 2 is 2.21 bits per heavy atom. The fourth-order valence-electron chi connectivity index (χ4n) is 2.23. The fourth-order valence-corrected chi connectivity index (χ4v) is 3.52. The Labute approximate surface area is 118 Å². The van der Waals surface area contributed by atoms with Crippen molar-refractivity contribution in [3.63, 3.8) is 0 Å². The van der Waals surface area contributed by atoms with Gasteiger partial charge in [0.1, 0.15) is 0 Å². The van der Waals surface area contributed by atoms with Crippen LogP contribution in [0.15, 0.2) is 24.3 Å². The lowest BCUT2D eigenvalue weighted by atomic mass is 10.00. The summed E-state index contributed by atoms with van der Waals surface area (Å²) in [4.78, 5) is 10.9. The SMILES string of the molecule is CC(C(=O)O)c1ccc(CNCC2CCSC2)cc1. The van der Waals surface area contributed by atoms with E-state index in [2.05, 4.69) is 5.32 Å². The minimum absolute atomic E-state index is 0.433. The first-order valence-corrected chi connectivity index (χ1v) is 7.92. The summed E-state index contributed by atoms with van der Waals surface area (Å²) in [5.41, 5.74) is 2.08. The molecule has 0 radical (unpaired) electrons. The molecule has 1 heterocycles. The summed E-state index contributed by atoms with van der Waals surface area (Å²) in [5, 5.41) is 12.4. The van der Waals surface area contributed by atoms with Crippen LogP contribution in [0.2, 0.25) is 0 Å². The Hall–Kier alpha value is -1.00. The van der Waals surface area contributed by atoms with Crippen LogP contribution in [-0.2, 0) is 11.3 Å². The number of hydrogen-bond acceptors (Lipinski definition) is 3. The fraction of sp³-hybridized carbons (Fsp3) is 0.533. The number of carboxylic acids is 1. The van der Waals surface area contributed by atoms with Gasteiger partial charge in [-0.1, -0.05) is 24.3 Å². The predicted octanol–water partition coefficient (Wildman–Crippen LogP) is 2.72. The molecule has 19 heavy (non-hydrogen) atoms. The molecule has 0 amide bonds. The first-order valence-electron chi connectivity index (χ1n) is 6.77. The highest BCUT2D eigenvalue weighted by atomic mass is 32.2. The number of aliphatic carboxylic acids is 1. The molecule has 1 saturated heterocycles. The average Bonchev–Trinajstić information content (AvgIpc) is 2.92. The Morgan fingerprint density at radius 1 is 1.47 bits per heavy atom. The molecule has 0 aromatic heterocycles. The summed E-state index contributed by atoms with van der Waals surface area (Å²) >= 11 is 2.04. The van der Waals surface area contributed by atoms with Crippen LogP contribution in [0.4, 0.5) is 0 Å². The normalized spacial score (nSPS) is 20.4. The Bertz CT molecular complexity index is 413. The third-order valence-corrected chi connectivity index (χ3v) is 4.87. The van der Waals surface area contributed by atoms with E-state index in [1.165, 1.54) is 23.5 Å². The number of rotatable bonds is 6. The van der Waals surface area contributed by atoms with Crippen LogP contribution in [0.5, 0.6) is 0 Å². The third kappa shape index (κ3) is 4.25. The summed E-state index contributed by atoms with van der Waals surface area (Å²) in [7, 11) is 0. The van der Waals surface area contributed by atoms with Gasteiger partial charge in [0.15, 0.2) is 0 Å². The zero-order valence-electron chi connectivity index (χ0n) is 11.3. The van der Waals surface area contributed by atoms with E-state index in [1.54, 1.807) is 6.92 Å². The van der Waals surface area contributed by atoms with Crippen molar-refractivity contribution in [2.24, 2.45) is 5.92 Å². The smallest absolute Gasteiger partial charge is 0.310 e. The van der Waals surface area contributed by atoms with Crippen LogP contribution in [0.25, 0.3) is 0 Å². The van der Waals surface area contributed by atoms with Crippen molar-refractivity contribution >= 4 is 17.7 Å². The van der Waals surface area contributed by atoms with Crippen molar-refractivity contribution in [1.29, 1.82) is 0 Å². The van der Waals surface area contributed by atoms with Gasteiger partial charge in [0.2, 0.25) is 0 Å². The van der Waals surface area contributed by atoms with E-state index >= 15 is 0 Å². The monoisotopic (exact) mass is 279 g/mol. The topological polar surface area (TPSA) is 49.3 Å². The van der Waals surface area contributed by atoms with Crippen molar-refractivity contribution in [3.05, 3.63) is 35.4 Å². The number of hydrogen-bond donors (Lipinski definition) is 2. The molecule has 0 spiro atoms. The summed E-state index contributed by atoms with van der Waals surface area (Å²) in [5.74, 6) is 2.19. The zero-order valence-corrected chi connectivity index (χ0v) is 12.1. The lowest BCUT2D eigenvalue weighted by Gasteiger charge is -2.11. The lowest BCUT2D eigenvalue weighted by Crippen LogP contribution is -2.22. The first-order chi connectivity index (χ1) is 9.16. The second kappa shape index (κ2) is 6.96. The molecule has 0 saturated carbocycles. The maximum absolute atomic E-state index is 10.9. The molecule has 2 N–H and O–H groups in total. The maximum Gasteiger partial charge on any atom is 0.310 e. The predicted molar refractivity (Wildman–Crippen MR) is 79.6 cm³/mol. The largest absolute Gasteiger partial charge is 0.481 e. The van der Waals surface area contributed by atoms with Crippen LogP contribution in [0.1, 0.15) is 30.4 Å². The molecule has 2 atom stereocenters. The van der Waals surface area contributed by atoms with Crippen molar-refractivity contribution in [1.82, 2.24) is 5.32 Å². The van der Waals surface area contributed by atoms with Gasteiger partial charge in [0.25, 0.3) is 0 Å². The highest BCUT2D eigenvalue weighted by Gasteiger charge is 2.15. The number of thioether (sulfide) groups is 1. The second-order valence-corrected chi connectivity index (χ2v) is 6.31. The van der Waals surface area contributed by atoms with E-state index < -0.39 is 11.9 Å². The minimum atomic E-state index is -0.774. The number of nitrogens with one attached hydrogen (secondary N) is 1. The van der Waals surface area contributed by atoms with Gasteiger partial charge in [-0.25, -0.2) is 0 Å². The van der Waals surface area contributed by atoms with E-state index in [4.69, 9.17) is 5.11 Å². The minimum Gasteiger partial charge on any atom is -0.481 e. The van der Waals surface area contributed by atoms with Crippen LogP contribution >= 0.6 is 11.8 Å². The lowest BCUT2D eigenvalue weighted by molar-refractivity contribution is -0.138. The van der Waals surface area contributed by atoms with Crippen molar-refractivity contribution in [3.8, 4) is 0 Å². The van der Waals surface area contributed by atoms with E-state index in [0.29, 0.717) is 0 Å². The second-order valence-electron chi connectivity index (χ2n) is 5.16. The summed E-state index contributed by atoms with van der Waals surface area (Å²) in [6.07, 6.45) is 1.33. The van der Waals surface area contributed by atoms with Crippen molar-refractivity contribution < 1.29 is 9.90 Å². The molecule has 0 aliphatic carbocycles. The van der Waals surface area contributed by atoms with E-state index in [9.17, 15) is 4.79 Å². The molecular formula is C15H21NO2S. The summed E-state index contributed by atoms with van der Waals surface area (Å²) in [6.45, 7) is 3.66. The Kier molecular flexibility index (Phi) is 5.28. The molecule has 1 fully saturated rings. The van der Waals surface area contributed by atoms with Crippen LogP contribution in [0.3, 0.4) is 0 Å². The molecule has 0 bridgehead atoms. The van der Waals surface area contributed by atoms with Gasteiger partial charge in [-0.3, -0.25) is 4.79 Å². The Morgan fingerprint density at radius 3 is 2.79 bits per heavy atom. The molecule has 1 aromatic carbocycles. The zero-order chi connectivity index (χ0) is 13.7.